The molecule has 0 saturated carbocycles. The van der Waals surface area contributed by atoms with E-state index in [2.05, 4.69) is 6.92 Å². The molecule has 0 aromatic heterocycles. The lowest BCUT2D eigenvalue weighted by Crippen LogP contribution is -2.55. The number of carbonyl (C=O) groups is 1. The molecule has 2 N–H and O–H groups in total. The maximum Gasteiger partial charge on any atom is 0.239 e. The van der Waals surface area contributed by atoms with Gasteiger partial charge in [0.1, 0.15) is 0 Å². The SMILES string of the molecule is CCC1COC(C)CN1C(=O)[C@H](C)N. The van der Waals surface area contributed by atoms with Crippen molar-refractivity contribution in [1.82, 2.24) is 4.90 Å². The second-order valence-corrected chi connectivity index (χ2v) is 3.99. The summed E-state index contributed by atoms with van der Waals surface area (Å²) < 4.78 is 5.51. The molecule has 82 valence electrons. The number of hydrogen-bond acceptors (Lipinski definition) is 3. The third kappa shape index (κ3) is 2.45. The lowest BCUT2D eigenvalue weighted by Gasteiger charge is -2.39. The van der Waals surface area contributed by atoms with Crippen LogP contribution in [0, 0.1) is 0 Å². The molecule has 0 aliphatic carbocycles. The van der Waals surface area contributed by atoms with Crippen LogP contribution in [-0.2, 0) is 9.53 Å². The van der Waals surface area contributed by atoms with Crippen molar-refractivity contribution in [3.05, 3.63) is 0 Å². The van der Waals surface area contributed by atoms with Crippen molar-refractivity contribution >= 4 is 5.91 Å². The summed E-state index contributed by atoms with van der Waals surface area (Å²) in [5.74, 6) is 0.0343. The van der Waals surface area contributed by atoms with E-state index >= 15 is 0 Å². The quantitative estimate of drug-likeness (QED) is 0.700. The van der Waals surface area contributed by atoms with Crippen LogP contribution in [-0.4, -0.2) is 42.1 Å². The molecule has 4 nitrogen and oxygen atoms in total. The van der Waals surface area contributed by atoms with Gasteiger partial charge in [-0.3, -0.25) is 4.79 Å². The highest BCUT2D eigenvalue weighted by Gasteiger charge is 2.30. The standard InChI is InChI=1S/C10H20N2O2/c1-4-9-6-14-7(2)5-12(9)10(13)8(3)11/h7-9H,4-6,11H2,1-3H3/t7?,8-,9?/m0/s1. The Morgan fingerprint density at radius 2 is 2.36 bits per heavy atom. The maximum atomic E-state index is 11.8. The van der Waals surface area contributed by atoms with Gasteiger partial charge in [0.25, 0.3) is 0 Å². The van der Waals surface area contributed by atoms with E-state index in [0.717, 1.165) is 6.42 Å². The highest BCUT2D eigenvalue weighted by Crippen LogP contribution is 2.15. The van der Waals surface area contributed by atoms with E-state index in [9.17, 15) is 4.79 Å². The van der Waals surface area contributed by atoms with Crippen molar-refractivity contribution in [2.75, 3.05) is 13.2 Å². The monoisotopic (exact) mass is 200 g/mol. The van der Waals surface area contributed by atoms with Crippen LogP contribution in [0.3, 0.4) is 0 Å². The summed E-state index contributed by atoms with van der Waals surface area (Å²) in [6, 6.07) is -0.209. The van der Waals surface area contributed by atoms with Crippen LogP contribution in [0.4, 0.5) is 0 Å². The molecule has 0 radical (unpaired) electrons. The summed E-state index contributed by atoms with van der Waals surface area (Å²) in [6.07, 6.45) is 1.05. The van der Waals surface area contributed by atoms with Crippen LogP contribution in [0.2, 0.25) is 0 Å². The summed E-state index contributed by atoms with van der Waals surface area (Å²) in [7, 11) is 0. The first-order valence-corrected chi connectivity index (χ1v) is 5.24. The number of morpholine rings is 1. The Balaban J connectivity index is 2.65. The summed E-state index contributed by atoms with van der Waals surface area (Å²) in [4.78, 5) is 13.6. The summed E-state index contributed by atoms with van der Waals surface area (Å²) >= 11 is 0. The highest BCUT2D eigenvalue weighted by molar-refractivity contribution is 5.81. The average molecular weight is 200 g/mol. The number of rotatable bonds is 2. The third-order valence-electron chi connectivity index (χ3n) is 2.61. The second-order valence-electron chi connectivity index (χ2n) is 3.99. The van der Waals surface area contributed by atoms with Crippen molar-refractivity contribution in [2.45, 2.75) is 45.4 Å². The van der Waals surface area contributed by atoms with E-state index < -0.39 is 6.04 Å². The minimum absolute atomic E-state index is 0.0343. The molecule has 1 amide bonds. The molecule has 1 fully saturated rings. The number of nitrogens with two attached hydrogens (primary N) is 1. The number of amides is 1. The lowest BCUT2D eigenvalue weighted by atomic mass is 10.1. The Kier molecular flexibility index (Phi) is 3.89. The Bertz CT molecular complexity index is 206. The van der Waals surface area contributed by atoms with Gasteiger partial charge >= 0.3 is 0 Å². The number of ether oxygens (including phenoxy) is 1. The molecule has 4 heteroatoms. The highest BCUT2D eigenvalue weighted by atomic mass is 16.5. The normalized spacial score (nSPS) is 30.1. The fraction of sp³-hybridized carbons (Fsp3) is 0.900. The van der Waals surface area contributed by atoms with Crippen LogP contribution in [0.25, 0.3) is 0 Å². The van der Waals surface area contributed by atoms with Crippen LogP contribution < -0.4 is 5.73 Å². The van der Waals surface area contributed by atoms with Gasteiger partial charge in [-0.1, -0.05) is 6.92 Å². The first kappa shape index (κ1) is 11.5. The van der Waals surface area contributed by atoms with E-state index in [1.165, 1.54) is 0 Å². The van der Waals surface area contributed by atoms with Crippen LogP contribution in [0.1, 0.15) is 27.2 Å². The van der Waals surface area contributed by atoms with Gasteiger partial charge in [-0.15, -0.1) is 0 Å². The minimum atomic E-state index is -0.408. The summed E-state index contributed by atoms with van der Waals surface area (Å²) in [6.45, 7) is 7.07. The molecule has 1 saturated heterocycles. The summed E-state index contributed by atoms with van der Waals surface area (Å²) in [5.41, 5.74) is 5.60. The van der Waals surface area contributed by atoms with Crippen molar-refractivity contribution < 1.29 is 9.53 Å². The molecule has 3 atom stereocenters. The van der Waals surface area contributed by atoms with Crippen LogP contribution in [0.5, 0.6) is 0 Å². The van der Waals surface area contributed by atoms with E-state index in [1.54, 1.807) is 6.92 Å². The maximum absolute atomic E-state index is 11.8. The zero-order valence-corrected chi connectivity index (χ0v) is 9.19. The molecule has 1 rings (SSSR count). The van der Waals surface area contributed by atoms with Gasteiger partial charge in [0, 0.05) is 6.54 Å². The van der Waals surface area contributed by atoms with Gasteiger partial charge in [-0.25, -0.2) is 0 Å². The average Bonchev–Trinajstić information content (AvgIpc) is 2.16. The van der Waals surface area contributed by atoms with Gasteiger partial charge in [-0.2, -0.15) is 0 Å². The third-order valence-corrected chi connectivity index (χ3v) is 2.61. The first-order valence-electron chi connectivity index (χ1n) is 5.24. The van der Waals surface area contributed by atoms with E-state index in [4.69, 9.17) is 10.5 Å². The molecule has 1 aliphatic heterocycles. The smallest absolute Gasteiger partial charge is 0.239 e. The van der Waals surface area contributed by atoms with E-state index in [1.807, 2.05) is 11.8 Å². The fourth-order valence-electron chi connectivity index (χ4n) is 1.71. The fourth-order valence-corrected chi connectivity index (χ4v) is 1.71. The lowest BCUT2D eigenvalue weighted by molar-refractivity contribution is -0.145. The zero-order valence-electron chi connectivity index (χ0n) is 9.19. The zero-order chi connectivity index (χ0) is 10.7. The van der Waals surface area contributed by atoms with E-state index in [0.29, 0.717) is 13.2 Å². The predicted molar refractivity (Wildman–Crippen MR) is 54.9 cm³/mol. The summed E-state index contributed by atoms with van der Waals surface area (Å²) in [5, 5.41) is 0. The Morgan fingerprint density at radius 3 is 2.86 bits per heavy atom. The Hall–Kier alpha value is -0.610. The number of hydrogen-bond donors (Lipinski definition) is 1. The molecule has 0 aromatic rings. The van der Waals surface area contributed by atoms with Gasteiger partial charge < -0.3 is 15.4 Å². The molecule has 0 aromatic carbocycles. The van der Waals surface area contributed by atoms with Gasteiger partial charge in [0.2, 0.25) is 5.91 Å². The molecule has 0 spiro atoms. The van der Waals surface area contributed by atoms with Crippen LogP contribution in [0.15, 0.2) is 0 Å². The minimum Gasteiger partial charge on any atom is -0.375 e. The van der Waals surface area contributed by atoms with Crippen molar-refractivity contribution in [3.8, 4) is 0 Å². The van der Waals surface area contributed by atoms with Crippen molar-refractivity contribution in [3.63, 3.8) is 0 Å². The Morgan fingerprint density at radius 1 is 1.71 bits per heavy atom. The first-order chi connectivity index (χ1) is 6.56. The van der Waals surface area contributed by atoms with Gasteiger partial charge in [0.15, 0.2) is 0 Å². The largest absolute Gasteiger partial charge is 0.375 e. The van der Waals surface area contributed by atoms with Gasteiger partial charge in [0.05, 0.1) is 24.8 Å². The topological polar surface area (TPSA) is 55.6 Å². The number of carbonyl (C=O) groups excluding carboxylic acids is 1. The van der Waals surface area contributed by atoms with Crippen LogP contribution >= 0.6 is 0 Å². The molecular weight excluding hydrogens is 180 g/mol. The molecule has 1 aliphatic rings. The van der Waals surface area contributed by atoms with Gasteiger partial charge in [-0.05, 0) is 20.3 Å². The van der Waals surface area contributed by atoms with Crippen molar-refractivity contribution in [1.29, 1.82) is 0 Å². The number of nitrogens with zero attached hydrogens (tertiary/aromatic N) is 1. The molecule has 14 heavy (non-hydrogen) atoms. The molecule has 2 unspecified atom stereocenters. The van der Waals surface area contributed by atoms with E-state index in [-0.39, 0.29) is 18.1 Å². The van der Waals surface area contributed by atoms with Crippen molar-refractivity contribution in [2.24, 2.45) is 5.73 Å². The molecule has 0 bridgehead atoms. The Labute approximate surface area is 85.4 Å². The second kappa shape index (κ2) is 4.75. The molecular formula is C10H20N2O2. The predicted octanol–water partition coefficient (Wildman–Crippen LogP) is 0.360. The molecule has 1 heterocycles.